The second-order valence-electron chi connectivity index (χ2n) is 4.63. The summed E-state index contributed by atoms with van der Waals surface area (Å²) >= 11 is 0. The van der Waals surface area contributed by atoms with E-state index in [0.717, 1.165) is 0 Å². The van der Waals surface area contributed by atoms with Gasteiger partial charge in [0, 0.05) is 11.1 Å². The van der Waals surface area contributed by atoms with Crippen molar-refractivity contribution >= 4 is 11.8 Å². The molecule has 5 heteroatoms. The summed E-state index contributed by atoms with van der Waals surface area (Å²) in [6.45, 7) is 0.0311. The van der Waals surface area contributed by atoms with Crippen LogP contribution in [-0.4, -0.2) is 24.9 Å². The first-order chi connectivity index (χ1) is 11.1. The first-order valence-electron chi connectivity index (χ1n) is 6.99. The molecule has 0 aliphatic carbocycles. The van der Waals surface area contributed by atoms with Crippen molar-refractivity contribution in [2.24, 2.45) is 0 Å². The quantitative estimate of drug-likeness (QED) is 0.845. The second kappa shape index (κ2) is 8.35. The van der Waals surface area contributed by atoms with Gasteiger partial charge in [0.2, 0.25) is 5.91 Å². The molecule has 2 aromatic carbocycles. The lowest BCUT2D eigenvalue weighted by Crippen LogP contribution is -2.37. The molecule has 0 aliphatic rings. The van der Waals surface area contributed by atoms with Gasteiger partial charge in [-0.1, -0.05) is 30.0 Å². The van der Waals surface area contributed by atoms with Gasteiger partial charge in [-0.3, -0.25) is 9.59 Å². The molecule has 0 aliphatic heterocycles. The van der Waals surface area contributed by atoms with E-state index in [1.807, 2.05) is 6.07 Å². The Hall–Kier alpha value is -3.13. The molecule has 2 aromatic rings. The van der Waals surface area contributed by atoms with Crippen LogP contribution in [0.5, 0.6) is 0 Å². The number of halogens is 1. The first kappa shape index (κ1) is 16.2. The van der Waals surface area contributed by atoms with Crippen LogP contribution in [0.4, 0.5) is 4.39 Å². The molecule has 0 radical (unpaired) electrons. The Kier molecular flexibility index (Phi) is 5.89. The Morgan fingerprint density at radius 3 is 2.35 bits per heavy atom. The Balaban J connectivity index is 1.71. The fraction of sp³-hybridized carbons (Fsp3) is 0.111. The van der Waals surface area contributed by atoms with Gasteiger partial charge in [-0.15, -0.1) is 0 Å². The van der Waals surface area contributed by atoms with E-state index >= 15 is 0 Å². The van der Waals surface area contributed by atoms with Crippen LogP contribution in [-0.2, 0) is 4.79 Å². The predicted molar refractivity (Wildman–Crippen MR) is 85.1 cm³/mol. The van der Waals surface area contributed by atoms with Crippen molar-refractivity contribution in [3.8, 4) is 11.8 Å². The topological polar surface area (TPSA) is 58.2 Å². The summed E-state index contributed by atoms with van der Waals surface area (Å²) in [6, 6.07) is 14.4. The predicted octanol–water partition coefficient (Wildman–Crippen LogP) is 1.72. The van der Waals surface area contributed by atoms with E-state index in [4.69, 9.17) is 0 Å². The van der Waals surface area contributed by atoms with Gasteiger partial charge in [0.05, 0.1) is 13.1 Å². The molecule has 2 rings (SSSR count). The average molecular weight is 310 g/mol. The second-order valence-corrected chi connectivity index (χ2v) is 4.63. The Morgan fingerprint density at radius 2 is 1.65 bits per heavy atom. The van der Waals surface area contributed by atoms with Gasteiger partial charge >= 0.3 is 0 Å². The van der Waals surface area contributed by atoms with Crippen molar-refractivity contribution in [1.82, 2.24) is 10.6 Å². The molecule has 4 nitrogen and oxygen atoms in total. The van der Waals surface area contributed by atoms with E-state index in [1.165, 1.54) is 12.1 Å². The number of hydrogen-bond acceptors (Lipinski definition) is 2. The maximum absolute atomic E-state index is 12.7. The molecule has 0 aromatic heterocycles. The minimum absolute atomic E-state index is 0.119. The third-order valence-corrected chi connectivity index (χ3v) is 2.90. The molecule has 0 unspecified atom stereocenters. The van der Waals surface area contributed by atoms with E-state index in [1.54, 1.807) is 36.4 Å². The summed E-state index contributed by atoms with van der Waals surface area (Å²) in [4.78, 5) is 23.3. The Labute approximate surface area is 133 Å². The average Bonchev–Trinajstić information content (AvgIpc) is 2.59. The minimum Gasteiger partial charge on any atom is -0.344 e. The third-order valence-electron chi connectivity index (χ3n) is 2.90. The highest BCUT2D eigenvalue weighted by Gasteiger charge is 2.06. The fourth-order valence-corrected chi connectivity index (χ4v) is 1.74. The largest absolute Gasteiger partial charge is 0.344 e. The summed E-state index contributed by atoms with van der Waals surface area (Å²) in [5.41, 5.74) is 1.16. The lowest BCUT2D eigenvalue weighted by molar-refractivity contribution is -0.119. The normalized spacial score (nSPS) is 9.43. The molecule has 0 saturated carbocycles. The molecule has 2 amide bonds. The van der Waals surface area contributed by atoms with Crippen molar-refractivity contribution in [3.63, 3.8) is 0 Å². The first-order valence-corrected chi connectivity index (χ1v) is 6.99. The zero-order chi connectivity index (χ0) is 16.5. The van der Waals surface area contributed by atoms with Gasteiger partial charge in [0.25, 0.3) is 5.91 Å². The van der Waals surface area contributed by atoms with Crippen molar-refractivity contribution in [1.29, 1.82) is 0 Å². The fourth-order valence-electron chi connectivity index (χ4n) is 1.74. The van der Waals surface area contributed by atoms with Crippen LogP contribution in [0.25, 0.3) is 0 Å². The van der Waals surface area contributed by atoms with Crippen LogP contribution < -0.4 is 10.6 Å². The molecular formula is C18H15FN2O2. The van der Waals surface area contributed by atoms with Gasteiger partial charge in [-0.25, -0.2) is 4.39 Å². The maximum Gasteiger partial charge on any atom is 0.251 e. The zero-order valence-electron chi connectivity index (χ0n) is 12.3. The number of amides is 2. The minimum atomic E-state index is -0.331. The summed E-state index contributed by atoms with van der Waals surface area (Å²) in [7, 11) is 0. The lowest BCUT2D eigenvalue weighted by atomic mass is 10.2. The SMILES string of the molecule is O=C(CNC(=O)c1ccccc1)NCC#Cc1ccc(F)cc1. The van der Waals surface area contributed by atoms with Crippen LogP contribution in [0.15, 0.2) is 54.6 Å². The number of carbonyl (C=O) groups excluding carboxylic acids is 2. The number of carbonyl (C=O) groups is 2. The molecule has 116 valence electrons. The molecule has 0 bridgehead atoms. The van der Waals surface area contributed by atoms with E-state index < -0.39 is 0 Å². The van der Waals surface area contributed by atoms with Gasteiger partial charge < -0.3 is 10.6 Å². The molecule has 0 fully saturated rings. The highest BCUT2D eigenvalue weighted by Crippen LogP contribution is 2.00. The summed E-state index contributed by atoms with van der Waals surface area (Å²) in [5, 5.41) is 5.09. The van der Waals surface area contributed by atoms with Crippen molar-refractivity contribution in [2.45, 2.75) is 0 Å². The van der Waals surface area contributed by atoms with E-state index in [-0.39, 0.29) is 30.7 Å². The van der Waals surface area contributed by atoms with Crippen LogP contribution in [0.1, 0.15) is 15.9 Å². The third kappa shape index (κ3) is 5.64. The van der Waals surface area contributed by atoms with Gasteiger partial charge in [-0.2, -0.15) is 0 Å². The summed E-state index contributed by atoms with van der Waals surface area (Å²) in [6.07, 6.45) is 0. The smallest absolute Gasteiger partial charge is 0.251 e. The molecule has 0 atom stereocenters. The summed E-state index contributed by atoms with van der Waals surface area (Å²) < 4.78 is 12.7. The van der Waals surface area contributed by atoms with Gasteiger partial charge in [0.1, 0.15) is 5.82 Å². The molecule has 0 spiro atoms. The molecule has 0 saturated heterocycles. The van der Waals surface area contributed by atoms with Crippen LogP contribution in [0.3, 0.4) is 0 Å². The van der Waals surface area contributed by atoms with E-state index in [2.05, 4.69) is 22.5 Å². The lowest BCUT2D eigenvalue weighted by Gasteiger charge is -2.04. The highest BCUT2D eigenvalue weighted by atomic mass is 19.1. The monoisotopic (exact) mass is 310 g/mol. The van der Waals surface area contributed by atoms with Crippen LogP contribution >= 0.6 is 0 Å². The van der Waals surface area contributed by atoms with Crippen molar-refractivity contribution < 1.29 is 14.0 Å². The van der Waals surface area contributed by atoms with Crippen LogP contribution in [0.2, 0.25) is 0 Å². The Bertz CT molecular complexity index is 731. The van der Waals surface area contributed by atoms with Gasteiger partial charge in [-0.05, 0) is 36.4 Å². The standard InChI is InChI=1S/C18H15FN2O2/c19-16-10-8-14(9-11-16)5-4-12-20-17(22)13-21-18(23)15-6-2-1-3-7-15/h1-3,6-11H,12-13H2,(H,20,22)(H,21,23). The van der Waals surface area contributed by atoms with E-state index in [9.17, 15) is 14.0 Å². The van der Waals surface area contributed by atoms with Crippen molar-refractivity contribution in [3.05, 3.63) is 71.5 Å². The van der Waals surface area contributed by atoms with Crippen LogP contribution in [0, 0.1) is 17.7 Å². The number of rotatable bonds is 4. The Morgan fingerprint density at radius 1 is 0.957 bits per heavy atom. The summed E-state index contributed by atoms with van der Waals surface area (Å²) in [5.74, 6) is 4.59. The molecule has 0 heterocycles. The number of nitrogens with one attached hydrogen (secondary N) is 2. The highest BCUT2D eigenvalue weighted by molar-refractivity contribution is 5.96. The molecule has 2 N–H and O–H groups in total. The number of hydrogen-bond donors (Lipinski definition) is 2. The maximum atomic E-state index is 12.7. The van der Waals surface area contributed by atoms with E-state index in [0.29, 0.717) is 11.1 Å². The molecule has 23 heavy (non-hydrogen) atoms. The van der Waals surface area contributed by atoms with Gasteiger partial charge in [0.15, 0.2) is 0 Å². The zero-order valence-corrected chi connectivity index (χ0v) is 12.3. The van der Waals surface area contributed by atoms with Crippen molar-refractivity contribution in [2.75, 3.05) is 13.1 Å². The number of benzene rings is 2. The molecular weight excluding hydrogens is 295 g/mol.